The number of aryl methyl sites for hydroxylation is 1. The number of esters is 1. The summed E-state index contributed by atoms with van der Waals surface area (Å²) in [5.74, 6) is -0.833. The highest BCUT2D eigenvalue weighted by molar-refractivity contribution is 6.00. The van der Waals surface area contributed by atoms with Crippen molar-refractivity contribution >= 4 is 28.5 Å². The molecule has 1 unspecified atom stereocenters. The highest BCUT2D eigenvalue weighted by Gasteiger charge is 2.37. The SMILES string of the molecule is COc1ccc(-c2oc3cc(C)ccc3c(=O)c2OC(=O)C2CC(=O)N(c3ccccc3)C2)cc1OC. The summed E-state index contributed by atoms with van der Waals surface area (Å²) in [6.45, 7) is 2.05. The molecule has 1 saturated heterocycles. The second-order valence-corrected chi connectivity index (χ2v) is 8.82. The molecule has 1 amide bonds. The quantitative estimate of drug-likeness (QED) is 0.354. The molecule has 0 aliphatic carbocycles. The fourth-order valence-electron chi connectivity index (χ4n) is 4.45. The van der Waals surface area contributed by atoms with Crippen molar-refractivity contribution in [3.05, 3.63) is 82.5 Å². The number of hydrogen-bond donors (Lipinski definition) is 0. The molecule has 0 radical (unpaired) electrons. The Morgan fingerprint density at radius 3 is 2.43 bits per heavy atom. The van der Waals surface area contributed by atoms with Crippen molar-refractivity contribution in [1.82, 2.24) is 0 Å². The van der Waals surface area contributed by atoms with E-state index in [9.17, 15) is 14.4 Å². The third kappa shape index (κ3) is 4.53. The van der Waals surface area contributed by atoms with Gasteiger partial charge in [0, 0.05) is 24.2 Å². The Balaban J connectivity index is 1.55. The number of para-hydroxylation sites is 1. The predicted octanol–water partition coefficient (Wildman–Crippen LogP) is 4.74. The number of rotatable bonds is 6. The normalized spacial score (nSPS) is 15.2. The molecular weight excluding hydrogens is 474 g/mol. The molecule has 1 aromatic heterocycles. The van der Waals surface area contributed by atoms with E-state index in [1.54, 1.807) is 53.4 Å². The number of ether oxygens (including phenoxy) is 3. The zero-order valence-electron chi connectivity index (χ0n) is 20.6. The van der Waals surface area contributed by atoms with Gasteiger partial charge in [0.05, 0.1) is 25.5 Å². The standard InChI is InChI=1S/C29H25NO7/c1-17-9-11-21-23(13-17)36-27(18-10-12-22(34-2)24(14-18)35-3)28(26(21)32)37-29(33)19-15-25(31)30(16-19)20-7-5-4-6-8-20/h4-14,19H,15-16H2,1-3H3. The molecule has 37 heavy (non-hydrogen) atoms. The molecule has 8 nitrogen and oxygen atoms in total. The molecule has 0 bridgehead atoms. The second-order valence-electron chi connectivity index (χ2n) is 8.82. The maximum Gasteiger partial charge on any atom is 0.316 e. The van der Waals surface area contributed by atoms with Crippen molar-refractivity contribution in [2.75, 3.05) is 25.7 Å². The molecule has 1 fully saturated rings. The Bertz CT molecular complexity index is 1560. The predicted molar refractivity (Wildman–Crippen MR) is 138 cm³/mol. The van der Waals surface area contributed by atoms with Crippen LogP contribution in [0.3, 0.4) is 0 Å². The Morgan fingerprint density at radius 2 is 1.70 bits per heavy atom. The number of amides is 1. The van der Waals surface area contributed by atoms with Gasteiger partial charge in [0.15, 0.2) is 17.3 Å². The minimum atomic E-state index is -0.737. The van der Waals surface area contributed by atoms with E-state index in [4.69, 9.17) is 18.6 Å². The number of methoxy groups -OCH3 is 2. The van der Waals surface area contributed by atoms with Crippen LogP contribution in [0.2, 0.25) is 0 Å². The monoisotopic (exact) mass is 499 g/mol. The summed E-state index contributed by atoms with van der Waals surface area (Å²) >= 11 is 0. The Hall–Kier alpha value is -4.59. The lowest BCUT2D eigenvalue weighted by Gasteiger charge is -2.17. The Morgan fingerprint density at radius 1 is 0.946 bits per heavy atom. The number of benzene rings is 3. The van der Waals surface area contributed by atoms with Gasteiger partial charge in [0.1, 0.15) is 5.58 Å². The topological polar surface area (TPSA) is 95.3 Å². The number of hydrogen-bond acceptors (Lipinski definition) is 7. The van der Waals surface area contributed by atoms with Crippen LogP contribution in [0.25, 0.3) is 22.3 Å². The van der Waals surface area contributed by atoms with Crippen molar-refractivity contribution < 1.29 is 28.2 Å². The summed E-state index contributed by atoms with van der Waals surface area (Å²) in [6, 6.07) is 19.3. The molecule has 0 spiro atoms. The molecule has 1 aliphatic heterocycles. The van der Waals surface area contributed by atoms with Gasteiger partial charge < -0.3 is 23.5 Å². The molecule has 188 valence electrons. The van der Waals surface area contributed by atoms with Crippen LogP contribution in [0.4, 0.5) is 5.69 Å². The first-order chi connectivity index (χ1) is 17.9. The number of carbonyl (C=O) groups excluding carboxylic acids is 2. The fourth-order valence-corrected chi connectivity index (χ4v) is 4.45. The molecular formula is C29H25NO7. The van der Waals surface area contributed by atoms with E-state index in [-0.39, 0.29) is 35.8 Å². The molecule has 4 aromatic rings. The second kappa shape index (κ2) is 9.81. The van der Waals surface area contributed by atoms with Gasteiger partial charge in [-0.05, 0) is 55.0 Å². The van der Waals surface area contributed by atoms with Gasteiger partial charge in [-0.1, -0.05) is 24.3 Å². The molecule has 2 heterocycles. The maximum atomic E-state index is 13.5. The van der Waals surface area contributed by atoms with Crippen LogP contribution in [0.15, 0.2) is 75.9 Å². The lowest BCUT2D eigenvalue weighted by Crippen LogP contribution is -2.28. The van der Waals surface area contributed by atoms with Gasteiger partial charge in [0.2, 0.25) is 17.1 Å². The van der Waals surface area contributed by atoms with E-state index >= 15 is 0 Å². The molecule has 8 heteroatoms. The van der Waals surface area contributed by atoms with Crippen LogP contribution in [0, 0.1) is 12.8 Å². The molecule has 1 aliphatic rings. The van der Waals surface area contributed by atoms with Crippen LogP contribution < -0.4 is 24.5 Å². The first kappa shape index (κ1) is 24.1. The van der Waals surface area contributed by atoms with E-state index in [1.807, 2.05) is 25.1 Å². The summed E-state index contributed by atoms with van der Waals surface area (Å²) in [5, 5.41) is 0.283. The molecule has 1 atom stereocenters. The Kier molecular flexibility index (Phi) is 6.40. The number of anilines is 1. The number of nitrogens with zero attached hydrogens (tertiary/aromatic N) is 1. The van der Waals surface area contributed by atoms with E-state index in [2.05, 4.69) is 0 Å². The molecule has 0 N–H and O–H groups in total. The summed E-state index contributed by atoms with van der Waals surface area (Å²) in [5.41, 5.74) is 1.96. The molecule has 0 saturated carbocycles. The first-order valence-electron chi connectivity index (χ1n) is 11.8. The summed E-state index contributed by atoms with van der Waals surface area (Å²) in [4.78, 5) is 41.0. The minimum Gasteiger partial charge on any atom is -0.493 e. The van der Waals surface area contributed by atoms with Crippen molar-refractivity contribution in [2.24, 2.45) is 5.92 Å². The van der Waals surface area contributed by atoms with Gasteiger partial charge in [0.25, 0.3) is 0 Å². The lowest BCUT2D eigenvalue weighted by molar-refractivity contribution is -0.139. The maximum absolute atomic E-state index is 13.5. The van der Waals surface area contributed by atoms with Gasteiger partial charge in [-0.15, -0.1) is 0 Å². The van der Waals surface area contributed by atoms with Crippen LogP contribution in [-0.4, -0.2) is 32.6 Å². The van der Waals surface area contributed by atoms with Crippen molar-refractivity contribution in [2.45, 2.75) is 13.3 Å². The largest absolute Gasteiger partial charge is 0.493 e. The fraction of sp³-hybridized carbons (Fsp3) is 0.207. The average Bonchev–Trinajstić information content (AvgIpc) is 3.31. The summed E-state index contributed by atoms with van der Waals surface area (Å²) in [6.07, 6.45) is -0.0163. The summed E-state index contributed by atoms with van der Waals surface area (Å²) in [7, 11) is 3.02. The van der Waals surface area contributed by atoms with Crippen molar-refractivity contribution in [3.8, 4) is 28.6 Å². The lowest BCUT2D eigenvalue weighted by atomic mass is 10.1. The van der Waals surface area contributed by atoms with Gasteiger partial charge in [-0.2, -0.15) is 0 Å². The van der Waals surface area contributed by atoms with Crippen LogP contribution in [0.5, 0.6) is 17.2 Å². The Labute approximate surface area is 213 Å². The van der Waals surface area contributed by atoms with E-state index < -0.39 is 17.3 Å². The van der Waals surface area contributed by atoms with E-state index in [0.717, 1.165) is 5.56 Å². The van der Waals surface area contributed by atoms with Gasteiger partial charge in [-0.25, -0.2) is 0 Å². The molecule has 3 aromatic carbocycles. The third-order valence-corrected chi connectivity index (χ3v) is 6.38. The zero-order chi connectivity index (χ0) is 26.1. The highest BCUT2D eigenvalue weighted by atomic mass is 16.5. The summed E-state index contributed by atoms with van der Waals surface area (Å²) < 4.78 is 22.6. The number of fused-ring (bicyclic) bond motifs is 1. The van der Waals surface area contributed by atoms with Gasteiger partial charge in [-0.3, -0.25) is 14.4 Å². The zero-order valence-corrected chi connectivity index (χ0v) is 20.6. The number of carbonyl (C=O) groups is 2. The molecule has 5 rings (SSSR count). The van der Waals surface area contributed by atoms with Crippen molar-refractivity contribution in [1.29, 1.82) is 0 Å². The smallest absolute Gasteiger partial charge is 0.316 e. The third-order valence-electron chi connectivity index (χ3n) is 6.38. The van der Waals surface area contributed by atoms with Gasteiger partial charge >= 0.3 is 5.97 Å². The van der Waals surface area contributed by atoms with E-state index in [1.165, 1.54) is 14.2 Å². The average molecular weight is 500 g/mol. The van der Waals surface area contributed by atoms with Crippen molar-refractivity contribution in [3.63, 3.8) is 0 Å². The highest BCUT2D eigenvalue weighted by Crippen LogP contribution is 2.37. The van der Waals surface area contributed by atoms with E-state index in [0.29, 0.717) is 28.3 Å². The van der Waals surface area contributed by atoms with Crippen LogP contribution in [0.1, 0.15) is 12.0 Å². The minimum absolute atomic E-state index is 0.0163. The first-order valence-corrected chi connectivity index (χ1v) is 11.8. The van der Waals surface area contributed by atoms with Crippen LogP contribution >= 0.6 is 0 Å². The van der Waals surface area contributed by atoms with Crippen LogP contribution in [-0.2, 0) is 9.59 Å².